The Labute approximate surface area is 234 Å². The van der Waals surface area contributed by atoms with E-state index in [1.165, 1.54) is 13.2 Å². The minimum atomic E-state index is -2.78. The van der Waals surface area contributed by atoms with Crippen LogP contribution in [-0.4, -0.2) is 54.5 Å². The topological polar surface area (TPSA) is 155 Å². The molecule has 0 radical (unpaired) electrons. The van der Waals surface area contributed by atoms with Gasteiger partial charge in [-0.05, 0) is 55.7 Å². The summed E-state index contributed by atoms with van der Waals surface area (Å²) >= 11 is 0. The molecule has 4 amide bonds. The molecule has 2 aromatic carbocycles. The Bertz CT molecular complexity index is 1580. The van der Waals surface area contributed by atoms with E-state index in [9.17, 15) is 19.2 Å². The average Bonchev–Trinajstić information content (AvgIpc) is 3.73. The van der Waals surface area contributed by atoms with Crippen LogP contribution in [0.25, 0.3) is 0 Å². The number of methoxy groups -OCH3 is 1. The molecule has 0 atom stereocenters. The zero-order chi connectivity index (χ0) is 30.7. The van der Waals surface area contributed by atoms with Gasteiger partial charge in [0, 0.05) is 47.4 Å². The first-order valence-corrected chi connectivity index (χ1v) is 12.7. The summed E-state index contributed by atoms with van der Waals surface area (Å²) in [5.41, 5.74) is 1.33. The number of hydrogen-bond donors (Lipinski definition) is 4. The minimum Gasteiger partial charge on any atom is -0.494 e. The van der Waals surface area contributed by atoms with Gasteiger partial charge in [0.1, 0.15) is 0 Å². The van der Waals surface area contributed by atoms with E-state index < -0.39 is 18.8 Å². The normalized spacial score (nSPS) is 15.9. The molecule has 3 aromatic rings. The van der Waals surface area contributed by atoms with Crippen LogP contribution < -0.4 is 30.9 Å². The predicted octanol–water partition coefficient (Wildman–Crippen LogP) is 3.32. The van der Waals surface area contributed by atoms with Crippen LogP contribution in [0.2, 0.25) is 0 Å². The quantitative estimate of drug-likeness (QED) is 0.319. The number of para-hydroxylation sites is 1. The second kappa shape index (κ2) is 11.4. The fraction of sp³-hybridized carbons (Fsp3) is 0.286. The Balaban J connectivity index is 1.40. The standard InChI is InChI=1S/C28H29N7O5/c1-29-28(39)24-21(15-22(33-34-24)32-26(37)16-8-9-16)31-20-6-3-5-19(25(20)40-2)27(38)30-17-10-12-18(13-11-17)35-14-4-7-23(35)36/h3,5-6,10-13,15-16H,4,7-9,14H2,1-2H3,(H,29,39)(H,30,38)(H2,31,32,33,37)/i1D3. The predicted molar refractivity (Wildman–Crippen MR) is 149 cm³/mol. The van der Waals surface area contributed by atoms with Gasteiger partial charge in [-0.3, -0.25) is 19.2 Å². The second-order valence-electron chi connectivity index (χ2n) is 9.37. The summed E-state index contributed by atoms with van der Waals surface area (Å²) in [4.78, 5) is 52.1. The fourth-order valence-electron chi connectivity index (χ4n) is 4.37. The summed E-state index contributed by atoms with van der Waals surface area (Å²) in [6.07, 6.45) is 2.84. The maximum absolute atomic E-state index is 13.3. The van der Waals surface area contributed by atoms with E-state index in [1.807, 2.05) is 5.32 Å². The molecule has 1 saturated heterocycles. The number of ether oxygens (including phenoxy) is 1. The maximum Gasteiger partial charge on any atom is 0.273 e. The first-order chi connectivity index (χ1) is 20.5. The Kier molecular flexibility index (Phi) is 6.53. The van der Waals surface area contributed by atoms with Gasteiger partial charge in [-0.15, -0.1) is 10.2 Å². The summed E-state index contributed by atoms with van der Waals surface area (Å²) in [5, 5.41) is 18.0. The lowest BCUT2D eigenvalue weighted by Crippen LogP contribution is -2.23. The number of aromatic nitrogens is 2. The van der Waals surface area contributed by atoms with Crippen LogP contribution in [0.3, 0.4) is 0 Å². The highest BCUT2D eigenvalue weighted by Crippen LogP contribution is 2.34. The smallest absolute Gasteiger partial charge is 0.273 e. The van der Waals surface area contributed by atoms with Crippen molar-refractivity contribution in [3.8, 4) is 5.75 Å². The van der Waals surface area contributed by atoms with Gasteiger partial charge in [0.05, 0.1) is 24.0 Å². The molecule has 5 rings (SSSR count). The molecule has 1 saturated carbocycles. The summed E-state index contributed by atoms with van der Waals surface area (Å²) in [5.74, 6) is -1.63. The average molecular weight is 547 g/mol. The van der Waals surface area contributed by atoms with Crippen LogP contribution in [0, 0.1) is 5.92 Å². The van der Waals surface area contributed by atoms with E-state index in [2.05, 4.69) is 26.1 Å². The van der Waals surface area contributed by atoms with E-state index in [0.29, 0.717) is 18.7 Å². The molecular formula is C28H29N7O5. The Hall–Kier alpha value is -5.00. The molecule has 1 aliphatic carbocycles. The van der Waals surface area contributed by atoms with Crippen molar-refractivity contribution in [1.29, 1.82) is 0 Å². The van der Waals surface area contributed by atoms with Gasteiger partial charge in [0.2, 0.25) is 11.8 Å². The van der Waals surface area contributed by atoms with Crippen molar-refractivity contribution in [3.63, 3.8) is 0 Å². The minimum absolute atomic E-state index is 0.0192. The SMILES string of the molecule is [2H]C([2H])([2H])NC(=O)c1nnc(NC(=O)C2CC2)cc1Nc1cccc(C(=O)Nc2ccc(N3CCCC3=O)cc2)c1OC. The van der Waals surface area contributed by atoms with E-state index in [1.54, 1.807) is 47.4 Å². The first kappa shape index (κ1) is 22.9. The van der Waals surface area contributed by atoms with E-state index in [-0.39, 0.29) is 51.9 Å². The molecule has 40 heavy (non-hydrogen) atoms. The van der Waals surface area contributed by atoms with Gasteiger partial charge in [-0.1, -0.05) is 6.07 Å². The molecule has 12 heteroatoms. The fourth-order valence-corrected chi connectivity index (χ4v) is 4.37. The molecule has 0 unspecified atom stereocenters. The molecule has 2 aliphatic rings. The molecule has 0 spiro atoms. The number of anilines is 5. The molecule has 1 aliphatic heterocycles. The summed E-state index contributed by atoms with van der Waals surface area (Å²) in [6.45, 7) is -2.13. The van der Waals surface area contributed by atoms with Crippen molar-refractivity contribution in [3.05, 3.63) is 59.8 Å². The van der Waals surface area contributed by atoms with Gasteiger partial charge in [0.15, 0.2) is 17.3 Å². The number of hydrogen-bond acceptors (Lipinski definition) is 8. The maximum atomic E-state index is 13.3. The van der Waals surface area contributed by atoms with Crippen molar-refractivity contribution < 1.29 is 28.0 Å². The lowest BCUT2D eigenvalue weighted by molar-refractivity contribution is -0.118. The van der Waals surface area contributed by atoms with Crippen LogP contribution in [0.5, 0.6) is 5.75 Å². The number of amides is 4. The first-order valence-electron chi connectivity index (χ1n) is 14.2. The van der Waals surface area contributed by atoms with Crippen molar-refractivity contribution >= 4 is 52.2 Å². The number of carbonyl (C=O) groups excluding carboxylic acids is 4. The number of nitrogens with zero attached hydrogens (tertiary/aromatic N) is 3. The van der Waals surface area contributed by atoms with Gasteiger partial charge in [0.25, 0.3) is 11.8 Å². The van der Waals surface area contributed by atoms with Gasteiger partial charge in [-0.25, -0.2) is 0 Å². The van der Waals surface area contributed by atoms with Crippen LogP contribution >= 0.6 is 0 Å². The van der Waals surface area contributed by atoms with E-state index in [4.69, 9.17) is 8.85 Å². The molecule has 2 fully saturated rings. The largest absolute Gasteiger partial charge is 0.494 e. The highest BCUT2D eigenvalue weighted by atomic mass is 16.5. The molecule has 2 heterocycles. The van der Waals surface area contributed by atoms with Crippen molar-refractivity contribution in [1.82, 2.24) is 15.5 Å². The zero-order valence-corrected chi connectivity index (χ0v) is 21.6. The number of benzene rings is 2. The number of rotatable bonds is 9. The molecule has 206 valence electrons. The van der Waals surface area contributed by atoms with Crippen molar-refractivity contribution in [2.75, 3.05) is 41.5 Å². The Morgan fingerprint density at radius 2 is 1.82 bits per heavy atom. The van der Waals surface area contributed by atoms with Gasteiger partial charge in [-0.2, -0.15) is 0 Å². The third-order valence-corrected chi connectivity index (χ3v) is 6.57. The third-order valence-electron chi connectivity index (χ3n) is 6.57. The third kappa shape index (κ3) is 5.70. The molecule has 4 N–H and O–H groups in total. The molecular weight excluding hydrogens is 514 g/mol. The number of nitrogens with one attached hydrogen (secondary N) is 4. The Morgan fingerprint density at radius 3 is 2.50 bits per heavy atom. The monoisotopic (exact) mass is 546 g/mol. The highest BCUT2D eigenvalue weighted by Gasteiger charge is 2.30. The van der Waals surface area contributed by atoms with Crippen molar-refractivity contribution in [2.45, 2.75) is 25.7 Å². The highest BCUT2D eigenvalue weighted by molar-refractivity contribution is 6.08. The lowest BCUT2D eigenvalue weighted by atomic mass is 10.1. The van der Waals surface area contributed by atoms with Crippen molar-refractivity contribution in [2.24, 2.45) is 5.92 Å². The summed E-state index contributed by atoms with van der Waals surface area (Å²) in [7, 11) is 1.37. The van der Waals surface area contributed by atoms with Crippen LogP contribution in [0.1, 0.15) is 50.6 Å². The van der Waals surface area contributed by atoms with E-state index >= 15 is 0 Å². The van der Waals surface area contributed by atoms with Crippen LogP contribution in [0.15, 0.2) is 48.5 Å². The molecule has 0 bridgehead atoms. The Morgan fingerprint density at radius 1 is 1.02 bits per heavy atom. The summed E-state index contributed by atoms with van der Waals surface area (Å²) < 4.78 is 27.7. The number of carbonyl (C=O) groups is 4. The van der Waals surface area contributed by atoms with Crippen LogP contribution in [-0.2, 0) is 9.59 Å². The van der Waals surface area contributed by atoms with Crippen LogP contribution in [0.4, 0.5) is 28.6 Å². The van der Waals surface area contributed by atoms with Gasteiger partial charge < -0.3 is 30.9 Å². The lowest BCUT2D eigenvalue weighted by Gasteiger charge is -2.17. The molecule has 12 nitrogen and oxygen atoms in total. The zero-order valence-electron chi connectivity index (χ0n) is 24.6. The summed E-state index contributed by atoms with van der Waals surface area (Å²) in [6, 6.07) is 13.0. The second-order valence-corrected chi connectivity index (χ2v) is 9.37. The van der Waals surface area contributed by atoms with E-state index in [0.717, 1.165) is 24.9 Å². The van der Waals surface area contributed by atoms with Gasteiger partial charge >= 0.3 is 0 Å². The molecule has 1 aromatic heterocycles.